The van der Waals surface area contributed by atoms with Crippen molar-refractivity contribution >= 4 is 21.5 Å². The zero-order valence-electron chi connectivity index (χ0n) is 16.8. The van der Waals surface area contributed by atoms with Crippen LogP contribution in [-0.4, -0.2) is 10.3 Å². The van der Waals surface area contributed by atoms with Crippen molar-refractivity contribution in [3.05, 3.63) is 83.9 Å². The van der Waals surface area contributed by atoms with E-state index in [0.717, 1.165) is 11.1 Å². The number of hydroxylamine groups is 2. The molecule has 1 aliphatic heterocycles. The van der Waals surface area contributed by atoms with Gasteiger partial charge in [-0.25, -0.2) is 0 Å². The Morgan fingerprint density at radius 1 is 0.571 bits per heavy atom. The second-order valence-electron chi connectivity index (χ2n) is 8.85. The van der Waals surface area contributed by atoms with Crippen LogP contribution in [0.4, 0.5) is 0 Å². The molecule has 0 saturated heterocycles. The highest BCUT2D eigenvalue weighted by Gasteiger charge is 2.45. The second-order valence-corrected chi connectivity index (χ2v) is 8.85. The molecule has 2 nitrogen and oxygen atoms in total. The van der Waals surface area contributed by atoms with Crippen LogP contribution in [0.5, 0.6) is 0 Å². The Labute approximate surface area is 166 Å². The van der Waals surface area contributed by atoms with Gasteiger partial charge < -0.3 is 5.21 Å². The second kappa shape index (κ2) is 5.66. The summed E-state index contributed by atoms with van der Waals surface area (Å²) < 4.78 is 0. The van der Waals surface area contributed by atoms with Gasteiger partial charge in [0, 0.05) is 0 Å². The van der Waals surface area contributed by atoms with Gasteiger partial charge in [-0.1, -0.05) is 72.8 Å². The van der Waals surface area contributed by atoms with Crippen molar-refractivity contribution in [2.45, 2.75) is 38.8 Å². The van der Waals surface area contributed by atoms with Crippen molar-refractivity contribution < 1.29 is 5.21 Å². The van der Waals surface area contributed by atoms with E-state index in [4.69, 9.17) is 0 Å². The Hall–Kier alpha value is -2.68. The van der Waals surface area contributed by atoms with Gasteiger partial charge in [0.05, 0.1) is 11.1 Å². The van der Waals surface area contributed by atoms with Crippen molar-refractivity contribution in [2.24, 2.45) is 0 Å². The molecular formula is C26H25NO. The van der Waals surface area contributed by atoms with E-state index in [0.29, 0.717) is 0 Å². The predicted molar refractivity (Wildman–Crippen MR) is 117 cm³/mol. The first-order valence-electron chi connectivity index (χ1n) is 9.87. The molecule has 4 aromatic carbocycles. The molecule has 140 valence electrons. The lowest BCUT2D eigenvalue weighted by Crippen LogP contribution is -2.49. The van der Waals surface area contributed by atoms with E-state index in [1.54, 1.807) is 0 Å². The third kappa shape index (κ3) is 2.16. The van der Waals surface area contributed by atoms with Gasteiger partial charge >= 0.3 is 0 Å². The number of hydrogen-bond donors (Lipinski definition) is 1. The van der Waals surface area contributed by atoms with Gasteiger partial charge in [0.15, 0.2) is 0 Å². The van der Waals surface area contributed by atoms with Gasteiger partial charge in [0.2, 0.25) is 0 Å². The van der Waals surface area contributed by atoms with E-state index in [1.807, 2.05) is 0 Å². The third-order valence-corrected chi connectivity index (χ3v) is 6.49. The zero-order chi connectivity index (χ0) is 19.7. The van der Waals surface area contributed by atoms with Crippen molar-refractivity contribution in [3.8, 4) is 11.1 Å². The Kier molecular flexibility index (Phi) is 3.52. The Balaban J connectivity index is 2.09. The van der Waals surface area contributed by atoms with Gasteiger partial charge in [-0.2, -0.15) is 5.06 Å². The van der Waals surface area contributed by atoms with Crippen LogP contribution in [0.2, 0.25) is 0 Å². The molecule has 4 aromatic rings. The number of rotatable bonds is 0. The molecule has 0 spiro atoms. The average Bonchev–Trinajstić information content (AvgIpc) is 2.75. The molecule has 1 heterocycles. The molecular weight excluding hydrogens is 342 g/mol. The van der Waals surface area contributed by atoms with E-state index in [9.17, 15) is 5.21 Å². The monoisotopic (exact) mass is 367 g/mol. The van der Waals surface area contributed by atoms with Gasteiger partial charge in [-0.15, -0.1) is 0 Å². The summed E-state index contributed by atoms with van der Waals surface area (Å²) in [5.74, 6) is 0. The molecule has 0 atom stereocenters. The average molecular weight is 367 g/mol. The minimum absolute atomic E-state index is 0.539. The first-order chi connectivity index (χ1) is 13.3. The zero-order valence-corrected chi connectivity index (χ0v) is 16.8. The fraction of sp³-hybridized carbons (Fsp3) is 0.231. The lowest BCUT2D eigenvalue weighted by atomic mass is 9.82. The molecule has 0 unspecified atom stereocenters. The highest BCUT2D eigenvalue weighted by atomic mass is 16.5. The first-order valence-corrected chi connectivity index (χ1v) is 9.87. The number of hydrogen-bond acceptors (Lipinski definition) is 2. The number of fused-ring (bicyclic) bond motifs is 7. The van der Waals surface area contributed by atoms with Gasteiger partial charge in [0.1, 0.15) is 0 Å². The molecule has 1 N–H and O–H groups in total. The van der Waals surface area contributed by atoms with Crippen LogP contribution in [0, 0.1) is 0 Å². The summed E-state index contributed by atoms with van der Waals surface area (Å²) in [6.07, 6.45) is 0. The van der Waals surface area contributed by atoms with Crippen LogP contribution in [-0.2, 0) is 11.1 Å². The summed E-state index contributed by atoms with van der Waals surface area (Å²) >= 11 is 0. The Morgan fingerprint density at radius 2 is 0.964 bits per heavy atom. The molecule has 0 amide bonds. The van der Waals surface area contributed by atoms with Gasteiger partial charge in [-0.05, 0) is 71.5 Å². The Bertz CT molecular complexity index is 1140. The van der Waals surface area contributed by atoms with Crippen molar-refractivity contribution in [3.63, 3.8) is 0 Å². The molecule has 1 aliphatic rings. The largest absolute Gasteiger partial charge is 0.312 e. The lowest BCUT2D eigenvalue weighted by molar-refractivity contribution is -0.230. The van der Waals surface area contributed by atoms with E-state index >= 15 is 0 Å². The molecule has 0 aliphatic carbocycles. The lowest BCUT2D eigenvalue weighted by Gasteiger charge is -2.43. The molecule has 0 aromatic heterocycles. The van der Waals surface area contributed by atoms with Crippen LogP contribution in [0.15, 0.2) is 72.8 Å². The Morgan fingerprint density at radius 3 is 1.39 bits per heavy atom. The molecule has 5 rings (SSSR count). The molecule has 0 bridgehead atoms. The first kappa shape index (κ1) is 17.4. The smallest absolute Gasteiger partial charge is 0.0668 e. The van der Waals surface area contributed by atoms with Crippen LogP contribution in [0.1, 0.15) is 38.8 Å². The van der Waals surface area contributed by atoms with E-state index in [1.165, 1.54) is 37.7 Å². The maximum atomic E-state index is 11.4. The number of benzene rings is 4. The van der Waals surface area contributed by atoms with Crippen LogP contribution >= 0.6 is 0 Å². The minimum Gasteiger partial charge on any atom is -0.312 e. The summed E-state index contributed by atoms with van der Waals surface area (Å²) in [4.78, 5) is 0. The topological polar surface area (TPSA) is 23.5 Å². The third-order valence-electron chi connectivity index (χ3n) is 6.49. The maximum absolute atomic E-state index is 11.4. The summed E-state index contributed by atoms with van der Waals surface area (Å²) in [5.41, 5.74) is 3.69. The van der Waals surface area contributed by atoms with Crippen LogP contribution in [0.25, 0.3) is 32.7 Å². The van der Waals surface area contributed by atoms with E-state index < -0.39 is 11.1 Å². The maximum Gasteiger partial charge on any atom is 0.0668 e. The fourth-order valence-electron chi connectivity index (χ4n) is 5.03. The van der Waals surface area contributed by atoms with Crippen molar-refractivity contribution in [2.75, 3.05) is 0 Å². The highest BCUT2D eigenvalue weighted by Crippen LogP contribution is 2.52. The van der Waals surface area contributed by atoms with Crippen LogP contribution < -0.4 is 0 Å². The minimum atomic E-state index is -0.539. The van der Waals surface area contributed by atoms with Crippen molar-refractivity contribution in [1.29, 1.82) is 0 Å². The molecule has 28 heavy (non-hydrogen) atoms. The molecule has 0 fully saturated rings. The predicted octanol–water partition coefficient (Wildman–Crippen LogP) is 6.84. The molecule has 0 saturated carbocycles. The molecule has 2 heteroatoms. The highest BCUT2D eigenvalue weighted by molar-refractivity contribution is 6.08. The van der Waals surface area contributed by atoms with Crippen molar-refractivity contribution in [1.82, 2.24) is 5.06 Å². The molecule has 0 radical (unpaired) electrons. The van der Waals surface area contributed by atoms with E-state index in [2.05, 4.69) is 100 Å². The summed E-state index contributed by atoms with van der Waals surface area (Å²) in [6, 6.07) is 25.8. The SMILES string of the molecule is CC1(C)c2ccc3ccccc3c2-c2c(ccc3ccccc23)C(C)(C)N1O. The van der Waals surface area contributed by atoms with Crippen LogP contribution in [0.3, 0.4) is 0 Å². The quantitative estimate of drug-likeness (QED) is 0.368. The number of nitrogens with zero attached hydrogens (tertiary/aromatic N) is 1. The summed E-state index contributed by atoms with van der Waals surface area (Å²) in [6.45, 7) is 8.43. The normalized spacial score (nSPS) is 17.9. The van der Waals surface area contributed by atoms with Gasteiger partial charge in [0.25, 0.3) is 0 Å². The van der Waals surface area contributed by atoms with E-state index in [-0.39, 0.29) is 0 Å². The standard InChI is InChI=1S/C26H25NO/c1-25(2)21-15-13-17-9-5-7-11-19(17)23(21)24-20-12-8-6-10-18(20)14-16-22(24)26(3,4)27(25)28/h5-16,28H,1-4H3. The fourth-order valence-corrected chi connectivity index (χ4v) is 5.03. The summed E-state index contributed by atoms with van der Waals surface area (Å²) in [7, 11) is 0. The summed E-state index contributed by atoms with van der Waals surface area (Å²) in [5, 5.41) is 17.9. The van der Waals surface area contributed by atoms with Gasteiger partial charge in [-0.3, -0.25) is 0 Å².